The van der Waals surface area contributed by atoms with Crippen LogP contribution < -0.4 is 0 Å². The highest BCUT2D eigenvalue weighted by Gasteiger charge is 2.42. The van der Waals surface area contributed by atoms with Gasteiger partial charge in [0, 0.05) is 23.9 Å². The van der Waals surface area contributed by atoms with Crippen molar-refractivity contribution < 1.29 is 14.3 Å². The number of nitrogens with zero attached hydrogens (tertiary/aromatic N) is 1. The highest BCUT2D eigenvalue weighted by Crippen LogP contribution is 2.45. The van der Waals surface area contributed by atoms with Crippen molar-refractivity contribution in [1.29, 1.82) is 0 Å². The molecule has 2 unspecified atom stereocenters. The molecule has 2 bridgehead atoms. The molecule has 144 valence electrons. The summed E-state index contributed by atoms with van der Waals surface area (Å²) in [5, 5.41) is 0. The molecule has 2 aromatic rings. The summed E-state index contributed by atoms with van der Waals surface area (Å²) in [4.78, 5) is 26.2. The maximum atomic E-state index is 13.0. The first kappa shape index (κ1) is 17.5. The van der Waals surface area contributed by atoms with Gasteiger partial charge in [-0.25, -0.2) is 4.79 Å². The van der Waals surface area contributed by atoms with Crippen LogP contribution in [0, 0.1) is 5.92 Å². The van der Waals surface area contributed by atoms with Gasteiger partial charge in [0.25, 0.3) is 0 Å². The Hall–Kier alpha value is -2.62. The van der Waals surface area contributed by atoms with E-state index < -0.39 is 0 Å². The Bertz CT molecular complexity index is 849. The SMILES string of the molecule is O=CC1CC2CCCC(C1)N2C(=O)OCC1c2ccccc2-c2ccccc21. The summed E-state index contributed by atoms with van der Waals surface area (Å²) in [6.45, 7) is 0.361. The summed E-state index contributed by atoms with van der Waals surface area (Å²) in [6.07, 6.45) is 5.51. The second kappa shape index (κ2) is 7.08. The van der Waals surface area contributed by atoms with Gasteiger partial charge in [-0.05, 0) is 54.4 Å². The van der Waals surface area contributed by atoms with Gasteiger partial charge >= 0.3 is 6.09 Å². The van der Waals surface area contributed by atoms with E-state index in [4.69, 9.17) is 4.74 Å². The number of ether oxygens (including phenoxy) is 1. The van der Waals surface area contributed by atoms with E-state index >= 15 is 0 Å². The summed E-state index contributed by atoms with van der Waals surface area (Å²) in [5.41, 5.74) is 4.94. The number of benzene rings is 2. The zero-order valence-electron chi connectivity index (χ0n) is 15.9. The lowest BCUT2D eigenvalue weighted by Crippen LogP contribution is -2.55. The molecule has 2 fully saturated rings. The van der Waals surface area contributed by atoms with Gasteiger partial charge in [0.15, 0.2) is 0 Å². The van der Waals surface area contributed by atoms with Crippen LogP contribution in [0.5, 0.6) is 0 Å². The van der Waals surface area contributed by atoms with E-state index in [0.29, 0.717) is 6.61 Å². The summed E-state index contributed by atoms with van der Waals surface area (Å²) >= 11 is 0. The lowest BCUT2D eigenvalue weighted by molar-refractivity contribution is -0.114. The topological polar surface area (TPSA) is 46.6 Å². The third kappa shape index (κ3) is 2.83. The normalized spacial score (nSPS) is 25.7. The number of piperidine rings is 2. The first-order valence-corrected chi connectivity index (χ1v) is 10.3. The molecule has 0 spiro atoms. The van der Waals surface area contributed by atoms with Crippen molar-refractivity contribution >= 4 is 12.4 Å². The van der Waals surface area contributed by atoms with Gasteiger partial charge < -0.3 is 14.4 Å². The number of hydrogen-bond donors (Lipinski definition) is 0. The molecule has 1 amide bonds. The fraction of sp³-hybridized carbons (Fsp3) is 0.417. The average molecular weight is 375 g/mol. The van der Waals surface area contributed by atoms with Gasteiger partial charge in [-0.1, -0.05) is 48.5 Å². The monoisotopic (exact) mass is 375 g/mol. The molecule has 2 aliphatic heterocycles. The van der Waals surface area contributed by atoms with Crippen molar-refractivity contribution in [2.45, 2.75) is 50.1 Å². The number of hydrogen-bond acceptors (Lipinski definition) is 3. The lowest BCUT2D eigenvalue weighted by Gasteiger charge is -2.47. The summed E-state index contributed by atoms with van der Waals surface area (Å²) < 4.78 is 5.88. The van der Waals surface area contributed by atoms with Gasteiger partial charge in [0.05, 0.1) is 0 Å². The minimum Gasteiger partial charge on any atom is -0.448 e. The van der Waals surface area contributed by atoms with Gasteiger partial charge in [-0.15, -0.1) is 0 Å². The second-order valence-electron chi connectivity index (χ2n) is 8.32. The predicted octanol–water partition coefficient (Wildman–Crippen LogP) is 4.77. The van der Waals surface area contributed by atoms with Gasteiger partial charge in [-0.2, -0.15) is 0 Å². The minimum atomic E-state index is -0.207. The fourth-order valence-corrected chi connectivity index (χ4v) is 5.50. The van der Waals surface area contributed by atoms with Gasteiger partial charge in [-0.3, -0.25) is 0 Å². The highest BCUT2D eigenvalue weighted by molar-refractivity contribution is 5.79. The molecular formula is C24H25NO3. The Morgan fingerprint density at radius 2 is 1.54 bits per heavy atom. The first-order valence-electron chi connectivity index (χ1n) is 10.3. The Morgan fingerprint density at radius 1 is 0.964 bits per heavy atom. The molecule has 0 saturated carbocycles. The van der Waals surface area contributed by atoms with E-state index in [9.17, 15) is 9.59 Å². The maximum absolute atomic E-state index is 13.0. The molecule has 2 heterocycles. The predicted molar refractivity (Wildman–Crippen MR) is 107 cm³/mol. The van der Waals surface area contributed by atoms with Crippen LogP contribution in [-0.4, -0.2) is 36.0 Å². The van der Waals surface area contributed by atoms with Crippen molar-refractivity contribution in [3.8, 4) is 11.1 Å². The van der Waals surface area contributed by atoms with Crippen molar-refractivity contribution in [3.05, 3.63) is 59.7 Å². The Morgan fingerprint density at radius 3 is 2.11 bits per heavy atom. The van der Waals surface area contributed by atoms with E-state index in [2.05, 4.69) is 36.4 Å². The van der Waals surface area contributed by atoms with Crippen molar-refractivity contribution in [1.82, 2.24) is 4.90 Å². The number of fused-ring (bicyclic) bond motifs is 5. The molecule has 4 heteroatoms. The van der Waals surface area contributed by atoms with Crippen molar-refractivity contribution in [2.24, 2.45) is 5.92 Å². The molecule has 2 saturated heterocycles. The lowest BCUT2D eigenvalue weighted by atomic mass is 9.79. The number of rotatable bonds is 3. The third-order valence-corrected chi connectivity index (χ3v) is 6.75. The minimum absolute atomic E-state index is 0.0868. The van der Waals surface area contributed by atoms with Crippen LogP contribution in [0.15, 0.2) is 48.5 Å². The third-order valence-electron chi connectivity index (χ3n) is 6.75. The molecule has 0 N–H and O–H groups in total. The highest BCUT2D eigenvalue weighted by atomic mass is 16.6. The molecular weight excluding hydrogens is 350 g/mol. The summed E-state index contributed by atoms with van der Waals surface area (Å²) in [6, 6.07) is 17.1. The Balaban J connectivity index is 1.34. The fourth-order valence-electron chi connectivity index (χ4n) is 5.50. The van der Waals surface area contributed by atoms with Crippen LogP contribution in [0.1, 0.15) is 49.1 Å². The molecule has 2 aromatic carbocycles. The smallest absolute Gasteiger partial charge is 0.410 e. The molecule has 0 aromatic heterocycles. The van der Waals surface area contributed by atoms with Crippen LogP contribution in [0.2, 0.25) is 0 Å². The quantitative estimate of drug-likeness (QED) is 0.726. The molecule has 2 atom stereocenters. The van der Waals surface area contributed by atoms with Crippen LogP contribution >= 0.6 is 0 Å². The average Bonchev–Trinajstić information content (AvgIpc) is 3.05. The van der Waals surface area contributed by atoms with Crippen LogP contribution in [0.25, 0.3) is 11.1 Å². The number of amides is 1. The van der Waals surface area contributed by atoms with E-state index in [-0.39, 0.29) is 30.0 Å². The first-order chi connectivity index (χ1) is 13.8. The second-order valence-corrected chi connectivity index (χ2v) is 8.32. The molecule has 0 radical (unpaired) electrons. The summed E-state index contributed by atoms with van der Waals surface area (Å²) in [7, 11) is 0. The molecule has 3 aliphatic rings. The molecule has 1 aliphatic carbocycles. The Kier molecular flexibility index (Phi) is 4.42. The van der Waals surface area contributed by atoms with Crippen molar-refractivity contribution in [2.75, 3.05) is 6.61 Å². The molecule has 5 rings (SSSR count). The Labute approximate surface area is 165 Å². The van der Waals surface area contributed by atoms with Crippen molar-refractivity contribution in [3.63, 3.8) is 0 Å². The number of carbonyl (C=O) groups excluding carboxylic acids is 2. The van der Waals surface area contributed by atoms with E-state index in [1.165, 1.54) is 22.3 Å². The van der Waals surface area contributed by atoms with Crippen LogP contribution in [-0.2, 0) is 9.53 Å². The molecule has 4 nitrogen and oxygen atoms in total. The largest absolute Gasteiger partial charge is 0.448 e. The van der Waals surface area contributed by atoms with E-state index in [0.717, 1.165) is 38.4 Å². The summed E-state index contributed by atoms with van der Waals surface area (Å²) in [5.74, 6) is 0.177. The van der Waals surface area contributed by atoms with E-state index in [1.54, 1.807) is 0 Å². The zero-order chi connectivity index (χ0) is 19.1. The molecule has 28 heavy (non-hydrogen) atoms. The zero-order valence-corrected chi connectivity index (χ0v) is 15.9. The van der Waals surface area contributed by atoms with Gasteiger partial charge in [0.1, 0.15) is 12.9 Å². The van der Waals surface area contributed by atoms with Crippen LogP contribution in [0.3, 0.4) is 0 Å². The standard InChI is InChI=1S/C24H25NO3/c26-14-16-12-17-6-5-7-18(13-16)25(17)24(27)28-15-23-21-10-3-1-8-19(21)20-9-2-4-11-22(20)23/h1-4,8-11,14,16-18,23H,5-7,12-13,15H2. The van der Waals surface area contributed by atoms with Gasteiger partial charge in [0.2, 0.25) is 0 Å². The van der Waals surface area contributed by atoms with E-state index in [1.807, 2.05) is 17.0 Å². The number of carbonyl (C=O) groups is 2. The number of aldehydes is 1. The van der Waals surface area contributed by atoms with Crippen LogP contribution in [0.4, 0.5) is 4.79 Å². The maximum Gasteiger partial charge on any atom is 0.410 e.